The van der Waals surface area contributed by atoms with E-state index in [9.17, 15) is 0 Å². The van der Waals surface area contributed by atoms with Gasteiger partial charge in [-0.2, -0.15) is 0 Å². The minimum Gasteiger partial charge on any atom is -0.362 e. The molecule has 0 saturated carbocycles. The molecule has 0 aromatic carbocycles. The molecule has 116 valence electrons. The van der Waals surface area contributed by atoms with E-state index in [1.54, 1.807) is 22.7 Å². The van der Waals surface area contributed by atoms with Gasteiger partial charge in [-0.15, -0.1) is 22.7 Å². The zero-order chi connectivity index (χ0) is 15.5. The summed E-state index contributed by atoms with van der Waals surface area (Å²) in [4.78, 5) is 9.15. The molecule has 3 aromatic heterocycles. The van der Waals surface area contributed by atoms with Crippen molar-refractivity contribution in [1.82, 2.24) is 14.5 Å². The van der Waals surface area contributed by atoms with Gasteiger partial charge in [0.15, 0.2) is 10.3 Å². The molecule has 3 heterocycles. The predicted molar refractivity (Wildman–Crippen MR) is 95.4 cm³/mol. The fourth-order valence-electron chi connectivity index (χ4n) is 2.49. The topological polar surface area (TPSA) is 42.7 Å². The molecule has 0 radical (unpaired) electrons. The Bertz CT molecular complexity index is 740. The van der Waals surface area contributed by atoms with E-state index in [-0.39, 0.29) is 0 Å². The Balaban J connectivity index is 1.88. The fourth-order valence-corrected chi connectivity index (χ4v) is 3.98. The second-order valence-electron chi connectivity index (χ2n) is 5.25. The molecule has 0 aliphatic heterocycles. The van der Waals surface area contributed by atoms with Crippen LogP contribution in [0.4, 0.5) is 5.13 Å². The smallest absolute Gasteiger partial charge is 0.193 e. The molecule has 0 aliphatic rings. The van der Waals surface area contributed by atoms with Gasteiger partial charge < -0.3 is 5.32 Å². The van der Waals surface area contributed by atoms with Crippen molar-refractivity contribution in [2.75, 3.05) is 11.9 Å². The highest BCUT2D eigenvalue weighted by Gasteiger charge is 2.15. The van der Waals surface area contributed by atoms with E-state index < -0.39 is 0 Å². The van der Waals surface area contributed by atoms with Crippen molar-refractivity contribution in [2.24, 2.45) is 0 Å². The summed E-state index contributed by atoms with van der Waals surface area (Å²) >= 11 is 3.32. The molecule has 0 amide bonds. The molecule has 0 saturated heterocycles. The second kappa shape index (κ2) is 6.62. The number of aromatic nitrogens is 3. The summed E-state index contributed by atoms with van der Waals surface area (Å²) in [6.07, 6.45) is 4.21. The lowest BCUT2D eigenvalue weighted by atomic mass is 10.2. The van der Waals surface area contributed by atoms with Crippen molar-refractivity contribution < 1.29 is 0 Å². The Morgan fingerprint density at radius 3 is 2.86 bits per heavy atom. The largest absolute Gasteiger partial charge is 0.362 e. The maximum Gasteiger partial charge on any atom is 0.193 e. The van der Waals surface area contributed by atoms with Crippen LogP contribution in [0.3, 0.4) is 0 Å². The Hall–Kier alpha value is -1.66. The molecular formula is C16H20N4S2. The van der Waals surface area contributed by atoms with Crippen molar-refractivity contribution in [3.8, 4) is 16.4 Å². The molecule has 0 aliphatic carbocycles. The van der Waals surface area contributed by atoms with E-state index in [1.807, 2.05) is 11.6 Å². The Morgan fingerprint density at radius 2 is 2.14 bits per heavy atom. The van der Waals surface area contributed by atoms with Gasteiger partial charge in [-0.25, -0.2) is 9.97 Å². The number of unbranched alkanes of at least 4 members (excludes halogenated alkanes) is 1. The number of rotatable bonds is 6. The number of hydrogen-bond donors (Lipinski definition) is 1. The third-order valence-electron chi connectivity index (χ3n) is 3.63. The van der Waals surface area contributed by atoms with Crippen LogP contribution in [0.5, 0.6) is 0 Å². The van der Waals surface area contributed by atoms with Crippen LogP contribution in [-0.2, 0) is 0 Å². The first-order valence-corrected chi connectivity index (χ1v) is 9.25. The van der Waals surface area contributed by atoms with Gasteiger partial charge in [0.2, 0.25) is 0 Å². The maximum atomic E-state index is 4.73. The SMILES string of the molecule is CCCCNc1nc(-c2cc(C)n(-c3nccs3)c2C)cs1. The van der Waals surface area contributed by atoms with E-state index >= 15 is 0 Å². The van der Waals surface area contributed by atoms with Gasteiger partial charge in [-0.3, -0.25) is 4.57 Å². The summed E-state index contributed by atoms with van der Waals surface area (Å²) in [5.74, 6) is 0. The molecule has 3 rings (SSSR count). The van der Waals surface area contributed by atoms with Crippen molar-refractivity contribution >= 4 is 27.8 Å². The number of anilines is 1. The van der Waals surface area contributed by atoms with Crippen LogP contribution < -0.4 is 5.32 Å². The lowest BCUT2D eigenvalue weighted by molar-refractivity contribution is 0.833. The average molecular weight is 332 g/mol. The van der Waals surface area contributed by atoms with Crippen LogP contribution in [0.15, 0.2) is 23.0 Å². The van der Waals surface area contributed by atoms with Crippen LogP contribution in [0.2, 0.25) is 0 Å². The Labute approximate surface area is 138 Å². The molecule has 3 aromatic rings. The fraction of sp³-hybridized carbons (Fsp3) is 0.375. The Kier molecular flexibility index (Phi) is 4.59. The number of hydrogen-bond acceptors (Lipinski definition) is 5. The Morgan fingerprint density at radius 1 is 1.27 bits per heavy atom. The number of nitrogens with zero attached hydrogens (tertiary/aromatic N) is 3. The van der Waals surface area contributed by atoms with E-state index in [0.717, 1.165) is 22.5 Å². The molecule has 1 N–H and O–H groups in total. The third kappa shape index (κ3) is 2.94. The highest BCUT2D eigenvalue weighted by Crippen LogP contribution is 2.32. The van der Waals surface area contributed by atoms with E-state index in [2.05, 4.69) is 47.1 Å². The zero-order valence-corrected chi connectivity index (χ0v) is 14.7. The van der Waals surface area contributed by atoms with Gasteiger partial charge >= 0.3 is 0 Å². The van der Waals surface area contributed by atoms with Crippen LogP contribution in [0, 0.1) is 13.8 Å². The highest BCUT2D eigenvalue weighted by atomic mass is 32.1. The molecular weight excluding hydrogens is 312 g/mol. The monoisotopic (exact) mass is 332 g/mol. The van der Waals surface area contributed by atoms with Gasteiger partial charge in [0.05, 0.1) is 5.69 Å². The van der Waals surface area contributed by atoms with E-state index in [1.165, 1.54) is 29.8 Å². The summed E-state index contributed by atoms with van der Waals surface area (Å²) in [7, 11) is 0. The van der Waals surface area contributed by atoms with Crippen molar-refractivity contribution in [2.45, 2.75) is 33.6 Å². The third-order valence-corrected chi connectivity index (χ3v) is 5.18. The summed E-state index contributed by atoms with van der Waals surface area (Å²) in [6, 6.07) is 2.20. The zero-order valence-electron chi connectivity index (χ0n) is 13.1. The number of aryl methyl sites for hydroxylation is 1. The number of nitrogens with one attached hydrogen (secondary N) is 1. The summed E-state index contributed by atoms with van der Waals surface area (Å²) in [5.41, 5.74) is 4.61. The predicted octanol–water partition coefficient (Wildman–Crippen LogP) is 4.89. The average Bonchev–Trinajstić information content (AvgIpc) is 3.20. The van der Waals surface area contributed by atoms with Crippen LogP contribution >= 0.6 is 22.7 Å². The molecule has 0 unspecified atom stereocenters. The van der Waals surface area contributed by atoms with Crippen LogP contribution in [0.25, 0.3) is 16.4 Å². The summed E-state index contributed by atoms with van der Waals surface area (Å²) in [5, 5.41) is 9.54. The molecule has 6 heteroatoms. The molecule has 22 heavy (non-hydrogen) atoms. The minimum atomic E-state index is 0.988. The normalized spacial score (nSPS) is 11.0. The van der Waals surface area contributed by atoms with Crippen molar-refractivity contribution in [1.29, 1.82) is 0 Å². The lowest BCUT2D eigenvalue weighted by Gasteiger charge is -2.04. The first-order chi connectivity index (χ1) is 10.7. The van der Waals surface area contributed by atoms with Crippen molar-refractivity contribution in [3.63, 3.8) is 0 Å². The molecule has 0 bridgehead atoms. The van der Waals surface area contributed by atoms with Crippen molar-refractivity contribution in [3.05, 3.63) is 34.4 Å². The van der Waals surface area contributed by atoms with Crippen LogP contribution in [0.1, 0.15) is 31.2 Å². The minimum absolute atomic E-state index is 0.988. The summed E-state index contributed by atoms with van der Waals surface area (Å²) < 4.78 is 2.20. The molecule has 0 atom stereocenters. The van der Waals surface area contributed by atoms with E-state index in [4.69, 9.17) is 4.98 Å². The van der Waals surface area contributed by atoms with E-state index in [0.29, 0.717) is 0 Å². The number of thiazole rings is 2. The van der Waals surface area contributed by atoms with Crippen LogP contribution in [-0.4, -0.2) is 21.1 Å². The molecule has 0 fully saturated rings. The summed E-state index contributed by atoms with van der Waals surface area (Å²) in [6.45, 7) is 7.43. The first kappa shape index (κ1) is 15.2. The van der Waals surface area contributed by atoms with Gasteiger partial charge in [0.1, 0.15) is 0 Å². The quantitative estimate of drug-likeness (QED) is 0.654. The van der Waals surface area contributed by atoms with Gasteiger partial charge in [0, 0.05) is 40.5 Å². The lowest BCUT2D eigenvalue weighted by Crippen LogP contribution is -2.00. The van der Waals surface area contributed by atoms with Gasteiger partial charge in [-0.1, -0.05) is 13.3 Å². The molecule has 0 spiro atoms. The maximum absolute atomic E-state index is 4.73. The standard InChI is InChI=1S/C16H20N4S2/c1-4-5-6-17-15-19-14(10-22-15)13-9-11(2)20(12(13)3)16-18-7-8-21-16/h7-10H,4-6H2,1-3H3,(H,17,19). The van der Waals surface area contributed by atoms with Gasteiger partial charge in [-0.05, 0) is 26.3 Å². The second-order valence-corrected chi connectivity index (χ2v) is 6.98. The van der Waals surface area contributed by atoms with Gasteiger partial charge in [0.25, 0.3) is 0 Å². The first-order valence-electron chi connectivity index (χ1n) is 7.49. The highest BCUT2D eigenvalue weighted by molar-refractivity contribution is 7.14. The molecule has 4 nitrogen and oxygen atoms in total.